The van der Waals surface area contributed by atoms with E-state index in [4.69, 9.17) is 10.2 Å². The molecule has 0 amide bonds. The summed E-state index contributed by atoms with van der Waals surface area (Å²) in [4.78, 5) is 32.4. The Hall–Kier alpha value is -1.65. The fraction of sp³-hybridized carbons (Fsp3) is 0.722. The summed E-state index contributed by atoms with van der Waals surface area (Å²) in [6.07, 6.45) is 11.5. The van der Waals surface area contributed by atoms with Gasteiger partial charge in [-0.2, -0.15) is 0 Å². The number of carboxylic acids is 2. The number of hydrogen-bond acceptors (Lipinski definition) is 3. The zero-order valence-electron chi connectivity index (χ0n) is 14.2. The number of carbonyl (C=O) groups is 3. The summed E-state index contributed by atoms with van der Waals surface area (Å²) < 4.78 is 0. The van der Waals surface area contributed by atoms with Crippen LogP contribution in [0.4, 0.5) is 0 Å². The fourth-order valence-corrected chi connectivity index (χ4v) is 2.45. The zero-order valence-corrected chi connectivity index (χ0v) is 14.2. The second-order valence-electron chi connectivity index (χ2n) is 6.10. The second-order valence-corrected chi connectivity index (χ2v) is 6.10. The van der Waals surface area contributed by atoms with Gasteiger partial charge in [0.25, 0.3) is 0 Å². The standard InChI is InChI=1S/C18H30O5/c1-15(14-18(22)23)13-16(19)11-9-7-5-3-2-4-6-8-10-12-17(20)21/h13H,2-12,14H2,1H3,(H,20,21)(H,22,23). The molecule has 0 bridgehead atoms. The van der Waals surface area contributed by atoms with Gasteiger partial charge in [-0.05, 0) is 25.8 Å². The first-order chi connectivity index (χ1) is 10.9. The van der Waals surface area contributed by atoms with Gasteiger partial charge >= 0.3 is 11.9 Å². The van der Waals surface area contributed by atoms with Crippen molar-refractivity contribution in [2.24, 2.45) is 0 Å². The van der Waals surface area contributed by atoms with E-state index in [9.17, 15) is 14.4 Å². The van der Waals surface area contributed by atoms with Crippen molar-refractivity contribution in [3.05, 3.63) is 11.6 Å². The average Bonchev–Trinajstić information content (AvgIpc) is 2.43. The summed E-state index contributed by atoms with van der Waals surface area (Å²) in [5, 5.41) is 17.1. The molecule has 5 heteroatoms. The van der Waals surface area contributed by atoms with E-state index >= 15 is 0 Å². The number of carboxylic acid groups (broad SMARTS) is 2. The van der Waals surface area contributed by atoms with Crippen LogP contribution in [0.2, 0.25) is 0 Å². The van der Waals surface area contributed by atoms with Crippen molar-refractivity contribution >= 4 is 17.7 Å². The Morgan fingerprint density at radius 1 is 0.696 bits per heavy atom. The van der Waals surface area contributed by atoms with Crippen LogP contribution in [0.3, 0.4) is 0 Å². The van der Waals surface area contributed by atoms with Gasteiger partial charge in [0.15, 0.2) is 5.78 Å². The monoisotopic (exact) mass is 326 g/mol. The lowest BCUT2D eigenvalue weighted by atomic mass is 10.0. The van der Waals surface area contributed by atoms with Crippen molar-refractivity contribution in [2.75, 3.05) is 0 Å². The zero-order chi connectivity index (χ0) is 17.5. The molecular formula is C18H30O5. The van der Waals surface area contributed by atoms with E-state index in [0.29, 0.717) is 12.0 Å². The van der Waals surface area contributed by atoms with Crippen molar-refractivity contribution in [3.8, 4) is 0 Å². The first-order valence-corrected chi connectivity index (χ1v) is 8.55. The molecule has 0 atom stereocenters. The van der Waals surface area contributed by atoms with Gasteiger partial charge in [0.1, 0.15) is 0 Å². The highest BCUT2D eigenvalue weighted by atomic mass is 16.4. The highest BCUT2D eigenvalue weighted by Gasteiger charge is 2.03. The van der Waals surface area contributed by atoms with Crippen LogP contribution in [0.5, 0.6) is 0 Å². The maximum absolute atomic E-state index is 11.6. The summed E-state index contributed by atoms with van der Waals surface area (Å²) in [5.41, 5.74) is 0.602. The lowest BCUT2D eigenvalue weighted by Gasteiger charge is -2.02. The molecule has 0 spiro atoms. The molecule has 132 valence electrons. The Morgan fingerprint density at radius 3 is 1.57 bits per heavy atom. The van der Waals surface area contributed by atoms with Gasteiger partial charge in [0.05, 0.1) is 6.42 Å². The van der Waals surface area contributed by atoms with Crippen LogP contribution in [0.1, 0.15) is 84.0 Å². The van der Waals surface area contributed by atoms with E-state index in [1.807, 2.05) is 0 Å². The van der Waals surface area contributed by atoms with Crippen LogP contribution in [0.15, 0.2) is 11.6 Å². The van der Waals surface area contributed by atoms with E-state index in [0.717, 1.165) is 51.4 Å². The third-order valence-electron chi connectivity index (χ3n) is 3.65. The Kier molecular flexibility index (Phi) is 13.0. The van der Waals surface area contributed by atoms with Crippen molar-refractivity contribution in [3.63, 3.8) is 0 Å². The van der Waals surface area contributed by atoms with E-state index in [2.05, 4.69) is 0 Å². The summed E-state index contributed by atoms with van der Waals surface area (Å²) in [6, 6.07) is 0. The topological polar surface area (TPSA) is 91.7 Å². The molecule has 5 nitrogen and oxygen atoms in total. The van der Waals surface area contributed by atoms with Gasteiger partial charge < -0.3 is 10.2 Å². The highest BCUT2D eigenvalue weighted by molar-refractivity contribution is 5.90. The maximum atomic E-state index is 11.6. The minimum absolute atomic E-state index is 0.0159. The number of aliphatic carboxylic acids is 2. The number of allylic oxidation sites excluding steroid dienone is 1. The molecule has 0 aromatic rings. The number of carbonyl (C=O) groups excluding carboxylic acids is 1. The number of unbranched alkanes of at least 4 members (excludes halogenated alkanes) is 8. The minimum atomic E-state index is -0.908. The highest BCUT2D eigenvalue weighted by Crippen LogP contribution is 2.12. The second kappa shape index (κ2) is 14.0. The van der Waals surface area contributed by atoms with Crippen molar-refractivity contribution in [1.82, 2.24) is 0 Å². The summed E-state index contributed by atoms with van der Waals surface area (Å²) in [7, 11) is 0. The van der Waals surface area contributed by atoms with Crippen molar-refractivity contribution < 1.29 is 24.6 Å². The Labute approximate surface area is 138 Å². The first kappa shape index (κ1) is 21.4. The lowest BCUT2D eigenvalue weighted by Crippen LogP contribution is -1.99. The van der Waals surface area contributed by atoms with Gasteiger partial charge in [-0.1, -0.05) is 50.5 Å². The van der Waals surface area contributed by atoms with E-state index in [1.54, 1.807) is 6.92 Å². The largest absolute Gasteiger partial charge is 0.481 e. The summed E-state index contributed by atoms with van der Waals surface area (Å²) in [5.74, 6) is -1.61. The average molecular weight is 326 g/mol. The molecule has 0 fully saturated rings. The predicted octanol–water partition coefficient (Wildman–Crippen LogP) is 4.35. The molecule has 0 radical (unpaired) electrons. The van der Waals surface area contributed by atoms with E-state index < -0.39 is 11.9 Å². The summed E-state index contributed by atoms with van der Waals surface area (Å²) in [6.45, 7) is 1.67. The smallest absolute Gasteiger partial charge is 0.307 e. The van der Waals surface area contributed by atoms with Crippen LogP contribution in [0, 0.1) is 0 Å². The normalized spacial score (nSPS) is 11.4. The van der Waals surface area contributed by atoms with Gasteiger partial charge in [-0.15, -0.1) is 0 Å². The van der Waals surface area contributed by atoms with Gasteiger partial charge in [0.2, 0.25) is 0 Å². The molecule has 2 N–H and O–H groups in total. The minimum Gasteiger partial charge on any atom is -0.481 e. The molecule has 0 heterocycles. The quantitative estimate of drug-likeness (QED) is 0.345. The number of rotatable bonds is 15. The molecule has 0 rings (SSSR count). The van der Waals surface area contributed by atoms with E-state index in [1.165, 1.54) is 12.5 Å². The van der Waals surface area contributed by atoms with Crippen molar-refractivity contribution in [2.45, 2.75) is 84.0 Å². The van der Waals surface area contributed by atoms with Crippen LogP contribution >= 0.6 is 0 Å². The number of hydrogen-bond donors (Lipinski definition) is 2. The van der Waals surface area contributed by atoms with Crippen LogP contribution in [0.25, 0.3) is 0 Å². The van der Waals surface area contributed by atoms with Crippen LogP contribution < -0.4 is 0 Å². The third-order valence-corrected chi connectivity index (χ3v) is 3.65. The molecule has 0 saturated carbocycles. The Morgan fingerprint density at radius 2 is 1.13 bits per heavy atom. The Bertz CT molecular complexity index is 398. The molecule has 23 heavy (non-hydrogen) atoms. The van der Waals surface area contributed by atoms with E-state index in [-0.39, 0.29) is 18.6 Å². The molecule has 0 saturated heterocycles. The van der Waals surface area contributed by atoms with Gasteiger partial charge in [-0.3, -0.25) is 14.4 Å². The van der Waals surface area contributed by atoms with Crippen molar-refractivity contribution in [1.29, 1.82) is 0 Å². The molecular weight excluding hydrogens is 296 g/mol. The Balaban J connectivity index is 3.40. The molecule has 0 unspecified atom stereocenters. The SMILES string of the molecule is CC(=CC(=O)CCCCCCCCCCCC(=O)O)CC(=O)O. The molecule has 0 aliphatic carbocycles. The molecule has 0 aliphatic heterocycles. The molecule has 0 aromatic carbocycles. The van der Waals surface area contributed by atoms with Gasteiger partial charge in [-0.25, -0.2) is 0 Å². The van der Waals surface area contributed by atoms with Gasteiger partial charge in [0, 0.05) is 12.8 Å². The predicted molar refractivity (Wildman–Crippen MR) is 89.4 cm³/mol. The molecule has 0 aromatic heterocycles. The molecule has 0 aliphatic rings. The lowest BCUT2D eigenvalue weighted by molar-refractivity contribution is -0.137. The van der Waals surface area contributed by atoms with Crippen LogP contribution in [-0.2, 0) is 14.4 Å². The third kappa shape index (κ3) is 16.5. The fourth-order valence-electron chi connectivity index (χ4n) is 2.45. The van der Waals surface area contributed by atoms with Crippen LogP contribution in [-0.4, -0.2) is 27.9 Å². The first-order valence-electron chi connectivity index (χ1n) is 8.55. The maximum Gasteiger partial charge on any atom is 0.307 e. The summed E-state index contributed by atoms with van der Waals surface area (Å²) >= 11 is 0. The number of ketones is 1.